The van der Waals surface area contributed by atoms with E-state index < -0.39 is 40.8 Å². The van der Waals surface area contributed by atoms with Crippen molar-refractivity contribution in [3.05, 3.63) is 0 Å². The Bertz CT molecular complexity index is 793. The van der Waals surface area contributed by atoms with Gasteiger partial charge in [-0.05, 0) is 61.2 Å². The van der Waals surface area contributed by atoms with Gasteiger partial charge in [-0.25, -0.2) is 0 Å². The molecule has 3 fully saturated rings. The van der Waals surface area contributed by atoms with Crippen LogP contribution in [0.25, 0.3) is 0 Å². The summed E-state index contributed by atoms with van der Waals surface area (Å²) in [5.74, 6) is -3.78. The first-order valence-corrected chi connectivity index (χ1v) is 11.6. The van der Waals surface area contributed by atoms with Crippen LogP contribution in [0.5, 0.6) is 0 Å². The summed E-state index contributed by atoms with van der Waals surface area (Å²) in [6.07, 6.45) is 2.43. The molecule has 3 saturated carbocycles. The van der Waals surface area contributed by atoms with Crippen LogP contribution in [0.2, 0.25) is 0 Å². The number of carbonyl (C=O) groups excluding carboxylic acids is 2. The smallest absolute Gasteiger partial charge is 0.308 e. The number of methoxy groups -OCH3 is 1. The number of carbonyl (C=O) groups is 4. The van der Waals surface area contributed by atoms with Gasteiger partial charge in [0.05, 0.1) is 25.4 Å². The lowest BCUT2D eigenvalue weighted by Crippen LogP contribution is -2.60. The lowest BCUT2D eigenvalue weighted by Gasteiger charge is -2.60. The fraction of sp³-hybridized carbons (Fsp3) is 0.833. The van der Waals surface area contributed by atoms with Crippen molar-refractivity contribution in [2.24, 2.45) is 46.3 Å². The molecular weight excluding hydrogens is 416 g/mol. The third-order valence-corrected chi connectivity index (χ3v) is 9.33. The van der Waals surface area contributed by atoms with E-state index in [1.807, 2.05) is 6.92 Å². The van der Waals surface area contributed by atoms with E-state index in [9.17, 15) is 29.4 Å². The Labute approximate surface area is 189 Å². The Morgan fingerprint density at radius 1 is 1.03 bits per heavy atom. The molecule has 2 N–H and O–H groups in total. The molecule has 0 aromatic carbocycles. The van der Waals surface area contributed by atoms with E-state index in [1.54, 1.807) is 6.92 Å². The Hall–Kier alpha value is -2.12. The van der Waals surface area contributed by atoms with Gasteiger partial charge in [-0.1, -0.05) is 20.8 Å². The third-order valence-electron chi connectivity index (χ3n) is 9.33. The quantitative estimate of drug-likeness (QED) is 0.587. The molecule has 3 rings (SSSR count). The summed E-state index contributed by atoms with van der Waals surface area (Å²) >= 11 is 0. The van der Waals surface area contributed by atoms with Crippen molar-refractivity contribution in [1.82, 2.24) is 0 Å². The summed E-state index contributed by atoms with van der Waals surface area (Å²) in [7, 11) is 1.37. The van der Waals surface area contributed by atoms with Crippen LogP contribution >= 0.6 is 0 Å². The highest BCUT2D eigenvalue weighted by Gasteiger charge is 2.66. The van der Waals surface area contributed by atoms with Crippen molar-refractivity contribution in [1.29, 1.82) is 0 Å². The predicted molar refractivity (Wildman–Crippen MR) is 113 cm³/mol. The van der Waals surface area contributed by atoms with Crippen LogP contribution in [0, 0.1) is 46.3 Å². The zero-order valence-corrected chi connectivity index (χ0v) is 19.6. The Morgan fingerprint density at radius 2 is 1.69 bits per heavy atom. The molecule has 0 saturated heterocycles. The molecule has 0 aromatic rings. The highest BCUT2D eigenvalue weighted by Crippen LogP contribution is 2.67. The zero-order chi connectivity index (χ0) is 24.0. The lowest BCUT2D eigenvalue weighted by atomic mass is 9.45. The van der Waals surface area contributed by atoms with Crippen molar-refractivity contribution in [3.63, 3.8) is 0 Å². The van der Waals surface area contributed by atoms with Gasteiger partial charge in [0.25, 0.3) is 0 Å². The molecule has 8 nitrogen and oxygen atoms in total. The number of aliphatic carboxylic acids is 2. The largest absolute Gasteiger partial charge is 0.481 e. The topological polar surface area (TPSA) is 127 Å². The molecule has 0 spiro atoms. The highest BCUT2D eigenvalue weighted by atomic mass is 16.5. The molecule has 0 aliphatic heterocycles. The Morgan fingerprint density at radius 3 is 2.22 bits per heavy atom. The minimum Gasteiger partial charge on any atom is -0.481 e. The molecule has 0 aromatic heterocycles. The van der Waals surface area contributed by atoms with Crippen molar-refractivity contribution in [2.75, 3.05) is 7.11 Å². The van der Waals surface area contributed by atoms with Crippen molar-refractivity contribution >= 4 is 23.9 Å². The summed E-state index contributed by atoms with van der Waals surface area (Å²) in [4.78, 5) is 48.4. The third kappa shape index (κ3) is 3.79. The maximum absolute atomic E-state index is 12.4. The number of hydrogen-bond acceptors (Lipinski definition) is 6. The van der Waals surface area contributed by atoms with Gasteiger partial charge in [0.1, 0.15) is 6.10 Å². The van der Waals surface area contributed by atoms with Crippen molar-refractivity contribution in [3.8, 4) is 0 Å². The van der Waals surface area contributed by atoms with Gasteiger partial charge >= 0.3 is 23.9 Å². The van der Waals surface area contributed by atoms with Crippen molar-refractivity contribution < 1.29 is 38.9 Å². The maximum Gasteiger partial charge on any atom is 0.308 e. The van der Waals surface area contributed by atoms with Gasteiger partial charge in [0.2, 0.25) is 0 Å². The molecule has 180 valence electrons. The van der Waals surface area contributed by atoms with Gasteiger partial charge < -0.3 is 19.7 Å². The number of hydrogen-bond donors (Lipinski definition) is 2. The van der Waals surface area contributed by atoms with E-state index in [0.29, 0.717) is 19.3 Å². The van der Waals surface area contributed by atoms with Gasteiger partial charge in [0.15, 0.2) is 0 Å². The molecule has 0 unspecified atom stereocenters. The molecule has 9 atom stereocenters. The van der Waals surface area contributed by atoms with Crippen LogP contribution in [0.15, 0.2) is 0 Å². The minimum absolute atomic E-state index is 0.0341. The molecule has 0 bridgehead atoms. The second-order valence-electron chi connectivity index (χ2n) is 10.6. The fourth-order valence-corrected chi connectivity index (χ4v) is 7.96. The van der Waals surface area contributed by atoms with Crippen LogP contribution in [0.3, 0.4) is 0 Å². The summed E-state index contributed by atoms with van der Waals surface area (Å²) in [5.41, 5.74) is -1.40. The highest BCUT2D eigenvalue weighted by molar-refractivity contribution is 5.74. The van der Waals surface area contributed by atoms with Gasteiger partial charge in [-0.15, -0.1) is 0 Å². The van der Waals surface area contributed by atoms with Crippen LogP contribution < -0.4 is 0 Å². The summed E-state index contributed by atoms with van der Waals surface area (Å²) < 4.78 is 10.9. The minimum atomic E-state index is -1.01. The number of fused-ring (bicyclic) bond motifs is 3. The lowest BCUT2D eigenvalue weighted by molar-refractivity contribution is -0.198. The van der Waals surface area contributed by atoms with Crippen LogP contribution in [-0.4, -0.2) is 47.3 Å². The summed E-state index contributed by atoms with van der Waals surface area (Å²) in [5, 5.41) is 19.5. The normalized spacial score (nSPS) is 41.7. The van der Waals surface area contributed by atoms with E-state index in [1.165, 1.54) is 14.0 Å². The average Bonchev–Trinajstić information content (AvgIpc) is 3.05. The van der Waals surface area contributed by atoms with Crippen molar-refractivity contribution in [2.45, 2.75) is 72.3 Å². The second kappa shape index (κ2) is 8.67. The number of ether oxygens (including phenoxy) is 2. The monoisotopic (exact) mass is 452 g/mol. The molecule has 3 aliphatic carbocycles. The summed E-state index contributed by atoms with van der Waals surface area (Å²) in [6, 6.07) is 0. The zero-order valence-electron chi connectivity index (χ0n) is 19.6. The van der Waals surface area contributed by atoms with E-state index in [4.69, 9.17) is 9.47 Å². The van der Waals surface area contributed by atoms with Gasteiger partial charge in [-0.2, -0.15) is 0 Å². The number of esters is 2. The van der Waals surface area contributed by atoms with E-state index in [-0.39, 0.29) is 42.0 Å². The Balaban J connectivity index is 2.06. The molecular formula is C24H36O8. The van der Waals surface area contributed by atoms with E-state index in [0.717, 1.165) is 12.8 Å². The SMILES string of the molecule is COC(=O)[C@@H](C)[C@H]1CC[C@H]2[C@H]3CC[C@H](C(=O)O)[C@@](C)(CC(=O)O)[C@@H]3C[C@@H](OC(C)=O)[C@]12C. The molecule has 32 heavy (non-hydrogen) atoms. The average molecular weight is 453 g/mol. The van der Waals surface area contributed by atoms with Crippen LogP contribution in [0.4, 0.5) is 0 Å². The van der Waals surface area contributed by atoms with E-state index in [2.05, 4.69) is 6.92 Å². The first-order valence-electron chi connectivity index (χ1n) is 11.6. The number of rotatable bonds is 6. The predicted octanol–water partition coefficient (Wildman–Crippen LogP) is 3.37. The standard InChI is InChI=1S/C24H36O8/c1-12(22(30)31-5)15-8-9-16-14-6-7-17(21(28)29)23(3,11-20(26)27)18(14)10-19(24(15,16)4)32-13(2)25/h12,14-19H,6-11H2,1-5H3,(H,26,27)(H,28,29)/t12-,14+,15+,16-,17+,18+,19+,23+,24+/m0/s1. The molecule has 0 amide bonds. The number of carboxylic acid groups (broad SMARTS) is 2. The Kier molecular flexibility index (Phi) is 6.64. The summed E-state index contributed by atoms with van der Waals surface area (Å²) in [6.45, 7) is 7.09. The first-order chi connectivity index (χ1) is 14.9. The second-order valence-corrected chi connectivity index (χ2v) is 10.6. The van der Waals surface area contributed by atoms with Gasteiger partial charge in [0, 0.05) is 12.3 Å². The molecule has 3 aliphatic rings. The van der Waals surface area contributed by atoms with Gasteiger partial charge in [-0.3, -0.25) is 19.2 Å². The maximum atomic E-state index is 12.4. The van der Waals surface area contributed by atoms with Crippen LogP contribution in [0.1, 0.15) is 66.2 Å². The molecule has 8 heteroatoms. The molecule has 0 heterocycles. The van der Waals surface area contributed by atoms with E-state index >= 15 is 0 Å². The fourth-order valence-electron chi connectivity index (χ4n) is 7.96. The number of carboxylic acids is 2. The first kappa shape index (κ1) is 24.5. The van der Waals surface area contributed by atoms with Crippen LogP contribution in [-0.2, 0) is 28.7 Å². The molecule has 0 radical (unpaired) electrons.